The van der Waals surface area contributed by atoms with Crippen molar-refractivity contribution in [3.05, 3.63) is 18.2 Å². The molecule has 2 rings (SSSR count). The zero-order valence-corrected chi connectivity index (χ0v) is 9.27. The van der Waals surface area contributed by atoms with Crippen molar-refractivity contribution in [2.24, 2.45) is 0 Å². The molecule has 5 nitrogen and oxygen atoms in total. The summed E-state index contributed by atoms with van der Waals surface area (Å²) in [7, 11) is 0. The normalized spacial score (nSPS) is 20.8. The molecule has 1 amide bonds. The highest BCUT2D eigenvalue weighted by Gasteiger charge is 2.27. The van der Waals surface area contributed by atoms with E-state index in [1.165, 1.54) is 6.92 Å². The Morgan fingerprint density at radius 2 is 2.38 bits per heavy atom. The van der Waals surface area contributed by atoms with Gasteiger partial charge in [-0.2, -0.15) is 0 Å². The number of carbonyl (C=O) groups is 2. The van der Waals surface area contributed by atoms with Gasteiger partial charge < -0.3 is 9.88 Å². The lowest BCUT2D eigenvalue weighted by atomic mass is 9.97. The van der Waals surface area contributed by atoms with Gasteiger partial charge in [-0.3, -0.25) is 9.59 Å². The molecule has 1 aromatic heterocycles. The molecule has 1 fully saturated rings. The summed E-state index contributed by atoms with van der Waals surface area (Å²) in [5.74, 6) is 0.365. The third-order valence-electron chi connectivity index (χ3n) is 2.92. The topological polar surface area (TPSA) is 66.1 Å². The first-order valence-electron chi connectivity index (χ1n) is 5.47. The van der Waals surface area contributed by atoms with Crippen molar-refractivity contribution in [2.45, 2.75) is 25.7 Å². The van der Waals surface area contributed by atoms with Gasteiger partial charge in [0, 0.05) is 38.3 Å². The van der Waals surface area contributed by atoms with Gasteiger partial charge in [-0.05, 0) is 12.8 Å². The molecule has 2 heterocycles. The second-order valence-corrected chi connectivity index (χ2v) is 4.12. The Morgan fingerprint density at radius 1 is 1.56 bits per heavy atom. The molecule has 1 atom stereocenters. The van der Waals surface area contributed by atoms with E-state index in [-0.39, 0.29) is 17.6 Å². The predicted molar refractivity (Wildman–Crippen MR) is 57.8 cm³/mol. The summed E-state index contributed by atoms with van der Waals surface area (Å²) in [4.78, 5) is 31.5. The molecular weight excluding hydrogens is 206 g/mol. The van der Waals surface area contributed by atoms with Crippen LogP contribution in [-0.4, -0.2) is 39.6 Å². The van der Waals surface area contributed by atoms with E-state index in [9.17, 15) is 9.59 Å². The van der Waals surface area contributed by atoms with Crippen molar-refractivity contribution in [3.8, 4) is 0 Å². The minimum Gasteiger partial charge on any atom is -0.348 e. The van der Waals surface area contributed by atoms with Gasteiger partial charge in [0.2, 0.25) is 5.78 Å². The molecule has 0 radical (unpaired) electrons. The van der Waals surface area contributed by atoms with E-state index in [1.54, 1.807) is 17.3 Å². The number of Topliss-reactive ketones (excluding diaryl/α,β-unsaturated/α-hetero) is 1. The molecule has 0 aromatic carbocycles. The number of nitrogens with zero attached hydrogens (tertiary/aromatic N) is 2. The van der Waals surface area contributed by atoms with Gasteiger partial charge in [-0.25, -0.2) is 4.98 Å². The fraction of sp³-hybridized carbons (Fsp3) is 0.545. The second kappa shape index (κ2) is 4.47. The van der Waals surface area contributed by atoms with Crippen LogP contribution in [0, 0.1) is 0 Å². The second-order valence-electron chi connectivity index (χ2n) is 4.12. The van der Waals surface area contributed by atoms with Crippen LogP contribution in [0.3, 0.4) is 0 Å². The zero-order chi connectivity index (χ0) is 11.5. The van der Waals surface area contributed by atoms with Crippen LogP contribution in [0.1, 0.15) is 31.5 Å². The summed E-state index contributed by atoms with van der Waals surface area (Å²) in [5.41, 5.74) is 0. The van der Waals surface area contributed by atoms with Crippen molar-refractivity contribution < 1.29 is 9.59 Å². The highest BCUT2D eigenvalue weighted by Crippen LogP contribution is 2.24. The number of aromatic amines is 1. The predicted octanol–water partition coefficient (Wildman–Crippen LogP) is 0.705. The maximum absolute atomic E-state index is 11.6. The van der Waals surface area contributed by atoms with E-state index in [0.29, 0.717) is 13.1 Å². The molecule has 1 aliphatic heterocycles. The van der Waals surface area contributed by atoms with Crippen molar-refractivity contribution in [3.63, 3.8) is 0 Å². The Labute approximate surface area is 93.9 Å². The fourth-order valence-corrected chi connectivity index (χ4v) is 2.11. The van der Waals surface area contributed by atoms with Gasteiger partial charge in [0.15, 0.2) is 0 Å². The average Bonchev–Trinajstić information content (AvgIpc) is 2.81. The third kappa shape index (κ3) is 2.13. The maximum atomic E-state index is 11.6. The molecule has 0 saturated carbocycles. The third-order valence-corrected chi connectivity index (χ3v) is 2.92. The Bertz CT molecular complexity index is 386. The van der Waals surface area contributed by atoms with Crippen LogP contribution in [0.25, 0.3) is 0 Å². The number of hydrogen-bond acceptors (Lipinski definition) is 3. The SMILES string of the molecule is CC(=O)C(=O)N1CCCC(c2ncc[nH]2)C1. The number of rotatable bonds is 2. The van der Waals surface area contributed by atoms with Gasteiger partial charge in [0.05, 0.1) is 0 Å². The van der Waals surface area contributed by atoms with Crippen LogP contribution in [0.15, 0.2) is 12.4 Å². The standard InChI is InChI=1S/C11H15N3O2/c1-8(15)11(16)14-6-2-3-9(7-14)10-12-4-5-13-10/h4-5,9H,2-3,6-7H2,1H3,(H,12,13). The number of H-pyrrole nitrogens is 1. The fourth-order valence-electron chi connectivity index (χ4n) is 2.11. The summed E-state index contributed by atoms with van der Waals surface area (Å²) >= 11 is 0. The van der Waals surface area contributed by atoms with Crippen LogP contribution in [0.4, 0.5) is 0 Å². The molecule has 0 bridgehead atoms. The number of carbonyl (C=O) groups excluding carboxylic acids is 2. The lowest BCUT2D eigenvalue weighted by Gasteiger charge is -2.31. The maximum Gasteiger partial charge on any atom is 0.289 e. The summed E-state index contributed by atoms with van der Waals surface area (Å²) < 4.78 is 0. The quantitative estimate of drug-likeness (QED) is 0.748. The Morgan fingerprint density at radius 3 is 3.00 bits per heavy atom. The first kappa shape index (κ1) is 10.9. The van der Waals surface area contributed by atoms with E-state index in [1.807, 2.05) is 0 Å². The minimum absolute atomic E-state index is 0.229. The number of nitrogens with one attached hydrogen (secondary N) is 1. The van der Waals surface area contributed by atoms with E-state index < -0.39 is 0 Å². The van der Waals surface area contributed by atoms with Crippen LogP contribution in [0.5, 0.6) is 0 Å². The molecule has 1 aromatic rings. The largest absolute Gasteiger partial charge is 0.348 e. The van der Waals surface area contributed by atoms with E-state index in [2.05, 4.69) is 9.97 Å². The van der Waals surface area contributed by atoms with Gasteiger partial charge in [0.25, 0.3) is 5.91 Å². The number of amides is 1. The first-order chi connectivity index (χ1) is 7.68. The zero-order valence-electron chi connectivity index (χ0n) is 9.27. The summed E-state index contributed by atoms with van der Waals surface area (Å²) in [6.07, 6.45) is 5.42. The molecular formula is C11H15N3O2. The summed E-state index contributed by atoms with van der Waals surface area (Å²) in [6.45, 7) is 2.58. The molecule has 5 heteroatoms. The number of ketones is 1. The molecule has 0 aliphatic carbocycles. The number of hydrogen-bond donors (Lipinski definition) is 1. The van der Waals surface area contributed by atoms with Crippen molar-refractivity contribution in [2.75, 3.05) is 13.1 Å². The van der Waals surface area contributed by atoms with Crippen LogP contribution >= 0.6 is 0 Å². The molecule has 1 unspecified atom stereocenters. The van der Waals surface area contributed by atoms with Gasteiger partial charge in [-0.1, -0.05) is 0 Å². The van der Waals surface area contributed by atoms with Crippen LogP contribution in [-0.2, 0) is 9.59 Å². The Balaban J connectivity index is 2.05. The smallest absolute Gasteiger partial charge is 0.289 e. The van der Waals surface area contributed by atoms with Gasteiger partial charge in [-0.15, -0.1) is 0 Å². The Kier molecular flexibility index (Phi) is 3.03. The molecule has 86 valence electrons. The van der Waals surface area contributed by atoms with E-state index in [0.717, 1.165) is 18.7 Å². The average molecular weight is 221 g/mol. The first-order valence-corrected chi connectivity index (χ1v) is 5.47. The number of likely N-dealkylation sites (tertiary alicyclic amines) is 1. The molecule has 16 heavy (non-hydrogen) atoms. The molecule has 1 N–H and O–H groups in total. The number of aromatic nitrogens is 2. The van der Waals surface area contributed by atoms with Gasteiger partial charge >= 0.3 is 0 Å². The van der Waals surface area contributed by atoms with Gasteiger partial charge in [0.1, 0.15) is 5.82 Å². The summed E-state index contributed by atoms with van der Waals surface area (Å²) in [5, 5.41) is 0. The van der Waals surface area contributed by atoms with Crippen molar-refractivity contribution in [1.29, 1.82) is 0 Å². The van der Waals surface area contributed by atoms with Crippen LogP contribution in [0.2, 0.25) is 0 Å². The lowest BCUT2D eigenvalue weighted by molar-refractivity contribution is -0.144. The summed E-state index contributed by atoms with van der Waals surface area (Å²) in [6, 6.07) is 0. The minimum atomic E-state index is -0.389. The highest BCUT2D eigenvalue weighted by molar-refractivity contribution is 6.35. The molecule has 1 saturated heterocycles. The highest BCUT2D eigenvalue weighted by atomic mass is 16.2. The molecule has 1 aliphatic rings. The monoisotopic (exact) mass is 221 g/mol. The lowest BCUT2D eigenvalue weighted by Crippen LogP contribution is -2.42. The van der Waals surface area contributed by atoms with Crippen LogP contribution < -0.4 is 0 Å². The van der Waals surface area contributed by atoms with E-state index >= 15 is 0 Å². The van der Waals surface area contributed by atoms with Crippen molar-refractivity contribution >= 4 is 11.7 Å². The Hall–Kier alpha value is -1.65. The molecule has 0 spiro atoms. The number of imidazole rings is 1. The number of piperidine rings is 1. The van der Waals surface area contributed by atoms with Crippen molar-refractivity contribution in [1.82, 2.24) is 14.9 Å². The van der Waals surface area contributed by atoms with E-state index in [4.69, 9.17) is 0 Å².